The van der Waals surface area contributed by atoms with Gasteiger partial charge in [0.05, 0.1) is 11.6 Å². The predicted molar refractivity (Wildman–Crippen MR) is 73.3 cm³/mol. The Morgan fingerprint density at radius 3 is 3.00 bits per heavy atom. The third-order valence-corrected chi connectivity index (χ3v) is 4.68. The van der Waals surface area contributed by atoms with Crippen molar-refractivity contribution in [2.45, 2.75) is 37.6 Å². The van der Waals surface area contributed by atoms with Gasteiger partial charge >= 0.3 is 0 Å². The summed E-state index contributed by atoms with van der Waals surface area (Å²) in [6, 6.07) is 0.640. The van der Waals surface area contributed by atoms with Gasteiger partial charge in [-0.2, -0.15) is 0 Å². The Kier molecular flexibility index (Phi) is 3.01. The van der Waals surface area contributed by atoms with Crippen LogP contribution in [-0.4, -0.2) is 22.5 Å². The lowest BCUT2D eigenvalue weighted by Crippen LogP contribution is -2.29. The van der Waals surface area contributed by atoms with Gasteiger partial charge in [0.15, 0.2) is 10.8 Å². The first-order valence-corrected chi connectivity index (χ1v) is 7.46. The summed E-state index contributed by atoms with van der Waals surface area (Å²) in [6.45, 7) is 0. The average molecular weight is 270 g/mol. The number of rotatable bonds is 3. The second-order valence-electron chi connectivity index (χ2n) is 4.62. The van der Waals surface area contributed by atoms with Gasteiger partial charge in [-0.15, -0.1) is 22.9 Å². The van der Waals surface area contributed by atoms with Crippen LogP contribution in [0.3, 0.4) is 0 Å². The molecule has 2 aromatic heterocycles. The molecule has 0 unspecified atom stereocenters. The number of halogens is 1. The number of aromatic nitrogens is 2. The molecule has 0 atom stereocenters. The summed E-state index contributed by atoms with van der Waals surface area (Å²) < 4.78 is 2.11. The van der Waals surface area contributed by atoms with E-state index >= 15 is 0 Å². The molecular formula is C12H16ClN3S. The lowest BCUT2D eigenvalue weighted by atomic mass is 10.2. The monoisotopic (exact) mass is 269 g/mol. The van der Waals surface area contributed by atoms with Crippen molar-refractivity contribution < 1.29 is 0 Å². The molecule has 0 aromatic carbocycles. The molecule has 1 aliphatic carbocycles. The van der Waals surface area contributed by atoms with Gasteiger partial charge in [0.1, 0.15) is 0 Å². The lowest BCUT2D eigenvalue weighted by molar-refractivity contribution is 0.646. The Morgan fingerprint density at radius 1 is 1.53 bits per heavy atom. The Morgan fingerprint density at radius 2 is 2.29 bits per heavy atom. The van der Waals surface area contributed by atoms with E-state index in [0.29, 0.717) is 11.9 Å². The second kappa shape index (κ2) is 4.50. The Hall–Kier alpha value is -0.740. The van der Waals surface area contributed by atoms with E-state index in [9.17, 15) is 0 Å². The van der Waals surface area contributed by atoms with Crippen molar-refractivity contribution >= 4 is 33.7 Å². The molecule has 0 N–H and O–H groups in total. The Bertz CT molecular complexity index is 513. The lowest BCUT2D eigenvalue weighted by Gasteiger charge is -2.25. The SMILES string of the molecule is CN(c1nc2sccn2c1CCl)C1CCCC1. The van der Waals surface area contributed by atoms with E-state index in [1.54, 1.807) is 11.3 Å². The summed E-state index contributed by atoms with van der Waals surface area (Å²) in [6.07, 6.45) is 7.30. The van der Waals surface area contributed by atoms with Crippen molar-refractivity contribution in [2.75, 3.05) is 11.9 Å². The van der Waals surface area contributed by atoms with Crippen LogP contribution in [0.5, 0.6) is 0 Å². The van der Waals surface area contributed by atoms with Crippen molar-refractivity contribution in [3.63, 3.8) is 0 Å². The largest absolute Gasteiger partial charge is 0.355 e. The van der Waals surface area contributed by atoms with Crippen LogP contribution in [0, 0.1) is 0 Å². The second-order valence-corrected chi connectivity index (χ2v) is 5.76. The maximum atomic E-state index is 6.08. The highest BCUT2D eigenvalue weighted by Crippen LogP contribution is 2.31. The Labute approximate surface area is 110 Å². The molecule has 5 heteroatoms. The molecule has 0 radical (unpaired) electrons. The van der Waals surface area contributed by atoms with Crippen molar-refractivity contribution in [1.82, 2.24) is 9.38 Å². The third-order valence-electron chi connectivity index (χ3n) is 3.67. The van der Waals surface area contributed by atoms with Crippen molar-refractivity contribution in [3.8, 4) is 0 Å². The van der Waals surface area contributed by atoms with Crippen LogP contribution >= 0.6 is 22.9 Å². The van der Waals surface area contributed by atoms with Gasteiger partial charge in [-0.3, -0.25) is 4.40 Å². The van der Waals surface area contributed by atoms with Crippen LogP contribution in [0.15, 0.2) is 11.6 Å². The fourth-order valence-corrected chi connectivity index (χ4v) is 3.67. The number of hydrogen-bond donors (Lipinski definition) is 0. The normalized spacial score (nSPS) is 17.1. The fraction of sp³-hybridized carbons (Fsp3) is 0.583. The van der Waals surface area contributed by atoms with E-state index in [4.69, 9.17) is 16.6 Å². The van der Waals surface area contributed by atoms with Gasteiger partial charge in [0.2, 0.25) is 0 Å². The number of fused-ring (bicyclic) bond motifs is 1. The van der Waals surface area contributed by atoms with Crippen LogP contribution < -0.4 is 4.90 Å². The molecule has 3 nitrogen and oxygen atoms in total. The number of alkyl halides is 1. The molecule has 0 saturated heterocycles. The molecule has 3 rings (SSSR count). The first kappa shape index (κ1) is 11.4. The molecule has 0 spiro atoms. The summed E-state index contributed by atoms with van der Waals surface area (Å²) in [4.78, 5) is 8.08. The van der Waals surface area contributed by atoms with Gasteiger partial charge in [-0.05, 0) is 12.8 Å². The molecule has 0 aliphatic heterocycles. The van der Waals surface area contributed by atoms with Crippen molar-refractivity contribution in [1.29, 1.82) is 0 Å². The topological polar surface area (TPSA) is 20.5 Å². The molecule has 2 heterocycles. The number of hydrogen-bond acceptors (Lipinski definition) is 3. The smallest absolute Gasteiger partial charge is 0.195 e. The molecule has 1 aliphatic rings. The van der Waals surface area contributed by atoms with Gasteiger partial charge in [-0.25, -0.2) is 4.98 Å². The van der Waals surface area contributed by atoms with Crippen molar-refractivity contribution in [2.24, 2.45) is 0 Å². The molecule has 1 fully saturated rings. The standard InChI is InChI=1S/C12H16ClN3S/c1-15(9-4-2-3-5-9)11-10(8-13)16-6-7-17-12(16)14-11/h6-7,9H,2-5,8H2,1H3. The maximum absolute atomic E-state index is 6.08. The number of thiazole rings is 1. The highest BCUT2D eigenvalue weighted by molar-refractivity contribution is 7.15. The summed E-state index contributed by atoms with van der Waals surface area (Å²) >= 11 is 7.74. The molecule has 0 bridgehead atoms. The van der Waals surface area contributed by atoms with Gasteiger partial charge in [0.25, 0.3) is 0 Å². The van der Waals surface area contributed by atoms with Crippen LogP contribution in [0.1, 0.15) is 31.4 Å². The third kappa shape index (κ3) is 1.83. The summed E-state index contributed by atoms with van der Waals surface area (Å²) in [5.41, 5.74) is 1.12. The van der Waals surface area contributed by atoms with Crippen LogP contribution in [0.2, 0.25) is 0 Å². The molecule has 92 valence electrons. The minimum atomic E-state index is 0.518. The van der Waals surface area contributed by atoms with E-state index in [1.165, 1.54) is 25.7 Å². The average Bonchev–Trinajstić information content (AvgIpc) is 3.03. The number of imidazole rings is 1. The predicted octanol–water partition coefficient (Wildman–Crippen LogP) is 3.51. The zero-order chi connectivity index (χ0) is 11.8. The van der Waals surface area contributed by atoms with Gasteiger partial charge < -0.3 is 4.90 Å². The molecule has 1 saturated carbocycles. The molecule has 17 heavy (non-hydrogen) atoms. The zero-order valence-corrected chi connectivity index (χ0v) is 11.5. The van der Waals surface area contributed by atoms with Crippen LogP contribution in [0.4, 0.5) is 5.82 Å². The minimum absolute atomic E-state index is 0.518. The highest BCUT2D eigenvalue weighted by Gasteiger charge is 2.24. The number of anilines is 1. The zero-order valence-electron chi connectivity index (χ0n) is 9.90. The van der Waals surface area contributed by atoms with Gasteiger partial charge in [-0.1, -0.05) is 12.8 Å². The minimum Gasteiger partial charge on any atom is -0.355 e. The quantitative estimate of drug-likeness (QED) is 0.795. The highest BCUT2D eigenvalue weighted by atomic mass is 35.5. The van der Waals surface area contributed by atoms with Crippen LogP contribution in [-0.2, 0) is 5.88 Å². The summed E-state index contributed by atoms with van der Waals surface area (Å²) in [5.74, 6) is 1.59. The van der Waals surface area contributed by atoms with E-state index in [-0.39, 0.29) is 0 Å². The number of nitrogens with zero attached hydrogens (tertiary/aromatic N) is 3. The maximum Gasteiger partial charge on any atom is 0.195 e. The summed E-state index contributed by atoms with van der Waals surface area (Å²) in [7, 11) is 2.15. The van der Waals surface area contributed by atoms with Crippen LogP contribution in [0.25, 0.3) is 4.96 Å². The van der Waals surface area contributed by atoms with E-state index < -0.39 is 0 Å². The first-order valence-electron chi connectivity index (χ1n) is 6.04. The Balaban J connectivity index is 2.00. The summed E-state index contributed by atoms with van der Waals surface area (Å²) in [5, 5.41) is 2.05. The molecule has 0 amide bonds. The first-order chi connectivity index (χ1) is 8.31. The molecular weight excluding hydrogens is 254 g/mol. The van der Waals surface area contributed by atoms with E-state index in [2.05, 4.69) is 27.9 Å². The van der Waals surface area contributed by atoms with E-state index in [0.717, 1.165) is 16.5 Å². The molecule has 2 aromatic rings. The van der Waals surface area contributed by atoms with Crippen molar-refractivity contribution in [3.05, 3.63) is 17.3 Å². The fourth-order valence-electron chi connectivity index (χ4n) is 2.69. The van der Waals surface area contributed by atoms with Gasteiger partial charge in [0, 0.05) is 24.7 Å². The van der Waals surface area contributed by atoms with E-state index in [1.807, 2.05) is 0 Å².